The topological polar surface area (TPSA) is 75.4 Å². The van der Waals surface area contributed by atoms with Crippen molar-refractivity contribution in [3.63, 3.8) is 0 Å². The molecule has 0 fully saturated rings. The van der Waals surface area contributed by atoms with E-state index in [1.54, 1.807) is 30.3 Å². The molecule has 132 valence electrons. The minimum atomic E-state index is -0.549. The van der Waals surface area contributed by atoms with Gasteiger partial charge in [-0.05, 0) is 55.9 Å². The molecular formula is C19H22FN3O2. The summed E-state index contributed by atoms with van der Waals surface area (Å²) in [4.78, 5) is 25.6. The lowest BCUT2D eigenvalue weighted by molar-refractivity contribution is -0.116. The zero-order valence-corrected chi connectivity index (χ0v) is 14.4. The number of rotatable bonds is 7. The molecule has 2 aromatic carbocycles. The highest BCUT2D eigenvalue weighted by molar-refractivity contribution is 5.97. The summed E-state index contributed by atoms with van der Waals surface area (Å²) in [6.07, 6.45) is 0.647. The van der Waals surface area contributed by atoms with Gasteiger partial charge in [0, 0.05) is 24.2 Å². The molecule has 0 saturated heterocycles. The second kappa shape index (κ2) is 8.39. The van der Waals surface area contributed by atoms with Crippen molar-refractivity contribution in [2.24, 2.45) is 5.73 Å². The van der Waals surface area contributed by atoms with Crippen LogP contribution in [0.25, 0.3) is 0 Å². The maximum atomic E-state index is 13.2. The van der Waals surface area contributed by atoms with Crippen LogP contribution in [0.3, 0.4) is 0 Å². The minimum absolute atomic E-state index is 0.203. The molecule has 3 N–H and O–H groups in total. The third-order valence-electron chi connectivity index (χ3n) is 3.68. The zero-order valence-electron chi connectivity index (χ0n) is 14.4. The monoisotopic (exact) mass is 343 g/mol. The van der Waals surface area contributed by atoms with Gasteiger partial charge in [0.25, 0.3) is 0 Å². The molecule has 0 bridgehead atoms. The average Bonchev–Trinajstić information content (AvgIpc) is 2.54. The first-order chi connectivity index (χ1) is 11.8. The molecule has 25 heavy (non-hydrogen) atoms. The van der Waals surface area contributed by atoms with E-state index < -0.39 is 5.91 Å². The highest BCUT2D eigenvalue weighted by Crippen LogP contribution is 2.20. The molecule has 0 unspecified atom stereocenters. The van der Waals surface area contributed by atoms with Gasteiger partial charge in [0.05, 0.1) is 0 Å². The van der Waals surface area contributed by atoms with Crippen molar-refractivity contribution in [2.75, 3.05) is 19.4 Å². The summed E-state index contributed by atoms with van der Waals surface area (Å²) in [5, 5.41) is 2.83. The Labute approximate surface area is 146 Å². The van der Waals surface area contributed by atoms with Crippen LogP contribution in [-0.4, -0.2) is 30.8 Å². The molecule has 2 amide bonds. The summed E-state index contributed by atoms with van der Waals surface area (Å²) in [6, 6.07) is 11.2. The van der Waals surface area contributed by atoms with Gasteiger partial charge in [-0.15, -0.1) is 0 Å². The lowest BCUT2D eigenvalue weighted by atomic mass is 10.1. The third kappa shape index (κ3) is 5.69. The van der Waals surface area contributed by atoms with Crippen molar-refractivity contribution in [3.8, 4) is 0 Å². The van der Waals surface area contributed by atoms with Crippen LogP contribution in [-0.2, 0) is 17.8 Å². The number of primary amides is 1. The average molecular weight is 343 g/mol. The SMILES string of the molecule is CN(C)Cc1ccc(C(N)=O)cc1NC(=O)CCc1cccc(F)c1. The molecule has 0 aromatic heterocycles. The first kappa shape index (κ1) is 18.6. The number of halogens is 1. The summed E-state index contributed by atoms with van der Waals surface area (Å²) < 4.78 is 13.2. The number of nitrogens with one attached hydrogen (secondary N) is 1. The molecular weight excluding hydrogens is 321 g/mol. The molecule has 2 aromatic rings. The number of nitrogens with two attached hydrogens (primary N) is 1. The number of hydrogen-bond acceptors (Lipinski definition) is 3. The van der Waals surface area contributed by atoms with E-state index in [4.69, 9.17) is 5.73 Å². The van der Waals surface area contributed by atoms with E-state index in [1.165, 1.54) is 12.1 Å². The first-order valence-corrected chi connectivity index (χ1v) is 7.97. The molecule has 2 rings (SSSR count). The third-order valence-corrected chi connectivity index (χ3v) is 3.68. The van der Waals surface area contributed by atoms with E-state index in [2.05, 4.69) is 5.32 Å². The van der Waals surface area contributed by atoms with Gasteiger partial charge in [-0.1, -0.05) is 18.2 Å². The Morgan fingerprint density at radius 1 is 1.16 bits per heavy atom. The van der Waals surface area contributed by atoms with E-state index >= 15 is 0 Å². The Bertz CT molecular complexity index is 775. The van der Waals surface area contributed by atoms with E-state index in [0.29, 0.717) is 24.2 Å². The molecule has 0 heterocycles. The number of carbonyl (C=O) groups excluding carboxylic acids is 2. The predicted octanol–water partition coefficient (Wildman–Crippen LogP) is 2.56. The van der Waals surface area contributed by atoms with Crippen molar-refractivity contribution in [1.29, 1.82) is 0 Å². The number of amides is 2. The van der Waals surface area contributed by atoms with Crippen LogP contribution in [0, 0.1) is 5.82 Å². The van der Waals surface area contributed by atoms with Crippen LogP contribution >= 0.6 is 0 Å². The molecule has 0 aliphatic carbocycles. The van der Waals surface area contributed by atoms with Crippen molar-refractivity contribution in [2.45, 2.75) is 19.4 Å². The van der Waals surface area contributed by atoms with Gasteiger partial charge in [-0.2, -0.15) is 0 Å². The van der Waals surface area contributed by atoms with Crippen LogP contribution in [0.1, 0.15) is 27.9 Å². The second-order valence-corrected chi connectivity index (χ2v) is 6.15. The zero-order chi connectivity index (χ0) is 18.4. The predicted molar refractivity (Wildman–Crippen MR) is 95.7 cm³/mol. The number of nitrogens with zero attached hydrogens (tertiary/aromatic N) is 1. The fourth-order valence-corrected chi connectivity index (χ4v) is 2.49. The van der Waals surface area contributed by atoms with Crippen LogP contribution < -0.4 is 11.1 Å². The lowest BCUT2D eigenvalue weighted by Crippen LogP contribution is -2.18. The van der Waals surface area contributed by atoms with Crippen LogP contribution in [0.4, 0.5) is 10.1 Å². The van der Waals surface area contributed by atoms with Crippen molar-refractivity contribution >= 4 is 17.5 Å². The van der Waals surface area contributed by atoms with E-state index in [9.17, 15) is 14.0 Å². The lowest BCUT2D eigenvalue weighted by Gasteiger charge is -2.16. The van der Waals surface area contributed by atoms with Crippen molar-refractivity contribution in [1.82, 2.24) is 4.90 Å². The van der Waals surface area contributed by atoms with Gasteiger partial charge in [0.1, 0.15) is 5.82 Å². The Hall–Kier alpha value is -2.73. The molecule has 0 saturated carbocycles. The quantitative estimate of drug-likeness (QED) is 0.811. The summed E-state index contributed by atoms with van der Waals surface area (Å²) in [7, 11) is 3.83. The molecule has 0 radical (unpaired) electrons. The smallest absolute Gasteiger partial charge is 0.248 e. The molecule has 0 spiro atoms. The standard InChI is InChI=1S/C19H22FN3O2/c1-23(2)12-15-8-7-14(19(21)25)11-17(15)22-18(24)9-6-13-4-3-5-16(20)10-13/h3-5,7-8,10-11H,6,9,12H2,1-2H3,(H2,21,25)(H,22,24). The Morgan fingerprint density at radius 2 is 1.92 bits per heavy atom. The molecule has 5 nitrogen and oxygen atoms in total. The largest absolute Gasteiger partial charge is 0.366 e. The Balaban J connectivity index is 2.09. The van der Waals surface area contributed by atoms with Crippen LogP contribution in [0.2, 0.25) is 0 Å². The van der Waals surface area contributed by atoms with Crippen LogP contribution in [0.15, 0.2) is 42.5 Å². The summed E-state index contributed by atoms with van der Waals surface area (Å²) in [6.45, 7) is 0.610. The molecule has 0 aliphatic rings. The van der Waals surface area contributed by atoms with Gasteiger partial charge in [-0.3, -0.25) is 9.59 Å². The maximum absolute atomic E-state index is 13.2. The van der Waals surface area contributed by atoms with Crippen molar-refractivity contribution < 1.29 is 14.0 Å². The van der Waals surface area contributed by atoms with E-state index in [1.807, 2.05) is 19.0 Å². The van der Waals surface area contributed by atoms with E-state index in [-0.39, 0.29) is 18.1 Å². The van der Waals surface area contributed by atoms with Gasteiger partial charge in [-0.25, -0.2) is 4.39 Å². The number of carbonyl (C=O) groups is 2. The Morgan fingerprint density at radius 3 is 2.56 bits per heavy atom. The second-order valence-electron chi connectivity index (χ2n) is 6.15. The fourth-order valence-electron chi connectivity index (χ4n) is 2.49. The van der Waals surface area contributed by atoms with Gasteiger partial charge < -0.3 is 16.0 Å². The van der Waals surface area contributed by atoms with Crippen molar-refractivity contribution in [3.05, 3.63) is 65.0 Å². The highest BCUT2D eigenvalue weighted by atomic mass is 19.1. The molecule has 0 atom stereocenters. The van der Waals surface area contributed by atoms with Gasteiger partial charge in [0.15, 0.2) is 0 Å². The maximum Gasteiger partial charge on any atom is 0.248 e. The molecule has 0 aliphatic heterocycles. The normalized spacial score (nSPS) is 10.7. The number of hydrogen-bond donors (Lipinski definition) is 2. The van der Waals surface area contributed by atoms with Crippen LogP contribution in [0.5, 0.6) is 0 Å². The van der Waals surface area contributed by atoms with E-state index in [0.717, 1.165) is 11.1 Å². The highest BCUT2D eigenvalue weighted by Gasteiger charge is 2.11. The Kier molecular flexibility index (Phi) is 6.25. The number of anilines is 1. The van der Waals surface area contributed by atoms with Gasteiger partial charge in [0.2, 0.25) is 11.8 Å². The fraction of sp³-hybridized carbons (Fsp3) is 0.263. The summed E-state index contributed by atoms with van der Waals surface area (Å²) >= 11 is 0. The summed E-state index contributed by atoms with van der Waals surface area (Å²) in [5.41, 5.74) is 7.86. The summed E-state index contributed by atoms with van der Waals surface area (Å²) in [5.74, 6) is -1.07. The number of aryl methyl sites for hydroxylation is 1. The first-order valence-electron chi connectivity index (χ1n) is 7.97. The minimum Gasteiger partial charge on any atom is -0.366 e. The van der Waals surface area contributed by atoms with Gasteiger partial charge >= 0.3 is 0 Å². The number of benzene rings is 2. The molecule has 6 heteroatoms.